The summed E-state index contributed by atoms with van der Waals surface area (Å²) in [6.07, 6.45) is 2.17. The number of nitrogens with two attached hydrogens (primary N) is 1. The number of aromatic amines is 1. The molecule has 2 aromatic rings. The molecule has 1 heterocycles. The van der Waals surface area contributed by atoms with Crippen molar-refractivity contribution in [2.45, 2.75) is 12.5 Å². The van der Waals surface area contributed by atoms with Crippen LogP contribution in [-0.2, 0) is 11.2 Å². The van der Waals surface area contributed by atoms with Crippen LogP contribution >= 0.6 is 0 Å². The SMILES string of the molecule is NC(Cc1cccc2cc[nH]c12)C(=O)O. The standard InChI is InChI=1S/C11H12N2O2/c12-9(11(14)15)6-8-3-1-2-7-4-5-13-10(7)8/h1-5,9,13H,6,12H2,(H,14,15). The Hall–Kier alpha value is -1.81. The zero-order valence-corrected chi connectivity index (χ0v) is 8.10. The van der Waals surface area contributed by atoms with Gasteiger partial charge < -0.3 is 15.8 Å². The summed E-state index contributed by atoms with van der Waals surface area (Å²) in [5.74, 6) is -0.974. The van der Waals surface area contributed by atoms with Gasteiger partial charge in [0.25, 0.3) is 0 Å². The van der Waals surface area contributed by atoms with Gasteiger partial charge >= 0.3 is 5.97 Å². The van der Waals surface area contributed by atoms with Crippen molar-refractivity contribution in [1.29, 1.82) is 0 Å². The highest BCUT2D eigenvalue weighted by Gasteiger charge is 2.13. The Balaban J connectivity index is 2.35. The molecule has 4 nitrogen and oxygen atoms in total. The summed E-state index contributed by atoms with van der Waals surface area (Å²) in [6.45, 7) is 0. The number of carboxylic acid groups (broad SMARTS) is 1. The molecule has 0 saturated heterocycles. The molecule has 4 N–H and O–H groups in total. The van der Waals surface area contributed by atoms with Crippen LogP contribution in [0.15, 0.2) is 30.5 Å². The van der Waals surface area contributed by atoms with Crippen molar-refractivity contribution in [2.75, 3.05) is 0 Å². The number of hydrogen-bond acceptors (Lipinski definition) is 2. The summed E-state index contributed by atoms with van der Waals surface area (Å²) in [6, 6.07) is 6.87. The summed E-state index contributed by atoms with van der Waals surface area (Å²) >= 11 is 0. The first-order valence-corrected chi connectivity index (χ1v) is 4.72. The predicted molar refractivity (Wildman–Crippen MR) is 57.6 cm³/mol. The predicted octanol–water partition coefficient (Wildman–Crippen LogP) is 1.12. The van der Waals surface area contributed by atoms with Gasteiger partial charge in [-0.3, -0.25) is 4.79 Å². The van der Waals surface area contributed by atoms with Crippen LogP contribution in [0.3, 0.4) is 0 Å². The average molecular weight is 204 g/mol. The molecule has 0 spiro atoms. The van der Waals surface area contributed by atoms with E-state index in [-0.39, 0.29) is 0 Å². The van der Waals surface area contributed by atoms with Gasteiger partial charge in [-0.2, -0.15) is 0 Å². The normalized spacial score (nSPS) is 12.9. The summed E-state index contributed by atoms with van der Waals surface area (Å²) in [7, 11) is 0. The Kier molecular flexibility index (Phi) is 2.43. The van der Waals surface area contributed by atoms with Gasteiger partial charge in [0.15, 0.2) is 0 Å². The van der Waals surface area contributed by atoms with E-state index in [9.17, 15) is 4.79 Å². The molecule has 0 aliphatic heterocycles. The topological polar surface area (TPSA) is 79.1 Å². The average Bonchev–Trinajstić information content (AvgIpc) is 2.66. The maximum Gasteiger partial charge on any atom is 0.320 e. The second kappa shape index (κ2) is 3.74. The van der Waals surface area contributed by atoms with E-state index in [1.165, 1.54) is 0 Å². The summed E-state index contributed by atoms with van der Waals surface area (Å²) in [5.41, 5.74) is 7.40. The van der Waals surface area contributed by atoms with Crippen molar-refractivity contribution in [2.24, 2.45) is 5.73 Å². The Morgan fingerprint density at radius 2 is 2.27 bits per heavy atom. The van der Waals surface area contributed by atoms with E-state index in [0.717, 1.165) is 16.5 Å². The fourth-order valence-corrected chi connectivity index (χ4v) is 1.64. The summed E-state index contributed by atoms with van der Waals surface area (Å²) in [5, 5.41) is 9.80. The summed E-state index contributed by atoms with van der Waals surface area (Å²) in [4.78, 5) is 13.7. The highest BCUT2D eigenvalue weighted by molar-refractivity contribution is 5.83. The molecular weight excluding hydrogens is 192 g/mol. The molecule has 0 saturated carbocycles. The Morgan fingerprint density at radius 3 is 3.00 bits per heavy atom. The van der Waals surface area contributed by atoms with E-state index < -0.39 is 12.0 Å². The summed E-state index contributed by atoms with van der Waals surface area (Å²) < 4.78 is 0. The maximum atomic E-state index is 10.6. The van der Waals surface area contributed by atoms with Gasteiger partial charge in [0, 0.05) is 18.1 Å². The first-order valence-electron chi connectivity index (χ1n) is 4.72. The van der Waals surface area contributed by atoms with Gasteiger partial charge in [0.05, 0.1) is 0 Å². The molecule has 78 valence electrons. The van der Waals surface area contributed by atoms with Crippen molar-refractivity contribution in [1.82, 2.24) is 4.98 Å². The van der Waals surface area contributed by atoms with Crippen LogP contribution in [-0.4, -0.2) is 22.1 Å². The number of carboxylic acids is 1. The Morgan fingerprint density at radius 1 is 1.47 bits per heavy atom. The number of hydrogen-bond donors (Lipinski definition) is 3. The van der Waals surface area contributed by atoms with Crippen LogP contribution < -0.4 is 5.73 Å². The molecule has 1 unspecified atom stereocenters. The minimum Gasteiger partial charge on any atom is -0.480 e. The molecule has 1 atom stereocenters. The number of benzene rings is 1. The molecule has 0 fully saturated rings. The molecular formula is C11H12N2O2. The highest BCUT2D eigenvalue weighted by atomic mass is 16.4. The third-order valence-electron chi connectivity index (χ3n) is 2.43. The monoisotopic (exact) mass is 204 g/mol. The van der Waals surface area contributed by atoms with E-state index in [2.05, 4.69) is 4.98 Å². The lowest BCUT2D eigenvalue weighted by atomic mass is 10.0. The number of rotatable bonds is 3. The number of carbonyl (C=O) groups is 1. The number of fused-ring (bicyclic) bond motifs is 1. The maximum absolute atomic E-state index is 10.6. The van der Waals surface area contributed by atoms with Crippen LogP contribution in [0, 0.1) is 0 Å². The zero-order chi connectivity index (χ0) is 10.8. The van der Waals surface area contributed by atoms with Crippen molar-refractivity contribution in [3.8, 4) is 0 Å². The van der Waals surface area contributed by atoms with Gasteiger partial charge in [-0.1, -0.05) is 18.2 Å². The largest absolute Gasteiger partial charge is 0.480 e. The van der Waals surface area contributed by atoms with Gasteiger partial charge in [-0.05, 0) is 17.0 Å². The quantitative estimate of drug-likeness (QED) is 0.701. The molecule has 0 radical (unpaired) electrons. The molecule has 2 rings (SSSR count). The minimum atomic E-state index is -0.974. The highest BCUT2D eigenvalue weighted by Crippen LogP contribution is 2.17. The van der Waals surface area contributed by atoms with Crippen LogP contribution in [0.4, 0.5) is 0 Å². The van der Waals surface area contributed by atoms with Crippen LogP contribution in [0.1, 0.15) is 5.56 Å². The van der Waals surface area contributed by atoms with Crippen LogP contribution in [0.5, 0.6) is 0 Å². The van der Waals surface area contributed by atoms with E-state index in [0.29, 0.717) is 6.42 Å². The molecule has 0 bridgehead atoms. The lowest BCUT2D eigenvalue weighted by Gasteiger charge is -2.07. The zero-order valence-electron chi connectivity index (χ0n) is 8.10. The number of aromatic nitrogens is 1. The molecule has 1 aromatic heterocycles. The van der Waals surface area contributed by atoms with Gasteiger partial charge in [-0.15, -0.1) is 0 Å². The lowest BCUT2D eigenvalue weighted by molar-refractivity contribution is -0.138. The number of para-hydroxylation sites is 1. The van der Waals surface area contributed by atoms with Crippen molar-refractivity contribution >= 4 is 16.9 Å². The Bertz CT molecular complexity index is 490. The molecule has 0 aliphatic carbocycles. The molecule has 0 amide bonds. The van der Waals surface area contributed by atoms with Crippen LogP contribution in [0.2, 0.25) is 0 Å². The van der Waals surface area contributed by atoms with E-state index in [1.807, 2.05) is 30.5 Å². The van der Waals surface area contributed by atoms with Crippen molar-refractivity contribution in [3.05, 3.63) is 36.0 Å². The fourth-order valence-electron chi connectivity index (χ4n) is 1.64. The number of nitrogens with one attached hydrogen (secondary N) is 1. The first-order chi connectivity index (χ1) is 7.18. The lowest BCUT2D eigenvalue weighted by Crippen LogP contribution is -2.32. The van der Waals surface area contributed by atoms with Gasteiger partial charge in [-0.25, -0.2) is 0 Å². The van der Waals surface area contributed by atoms with Crippen molar-refractivity contribution in [3.63, 3.8) is 0 Å². The third kappa shape index (κ3) is 1.85. The Labute approximate surface area is 86.7 Å². The number of H-pyrrole nitrogens is 1. The molecule has 4 heteroatoms. The molecule has 1 aromatic carbocycles. The second-order valence-corrected chi connectivity index (χ2v) is 3.51. The smallest absolute Gasteiger partial charge is 0.320 e. The third-order valence-corrected chi connectivity index (χ3v) is 2.43. The van der Waals surface area contributed by atoms with E-state index in [1.54, 1.807) is 0 Å². The van der Waals surface area contributed by atoms with Gasteiger partial charge in [0.2, 0.25) is 0 Å². The first kappa shape index (κ1) is 9.73. The second-order valence-electron chi connectivity index (χ2n) is 3.51. The van der Waals surface area contributed by atoms with E-state index >= 15 is 0 Å². The van der Waals surface area contributed by atoms with Gasteiger partial charge in [0.1, 0.15) is 6.04 Å². The molecule has 0 aliphatic rings. The minimum absolute atomic E-state index is 0.340. The molecule has 15 heavy (non-hydrogen) atoms. The van der Waals surface area contributed by atoms with E-state index in [4.69, 9.17) is 10.8 Å². The van der Waals surface area contributed by atoms with Crippen molar-refractivity contribution < 1.29 is 9.90 Å². The van der Waals surface area contributed by atoms with Crippen LogP contribution in [0.25, 0.3) is 10.9 Å². The fraction of sp³-hybridized carbons (Fsp3) is 0.182. The number of aliphatic carboxylic acids is 1.